The van der Waals surface area contributed by atoms with E-state index in [-0.39, 0.29) is 0 Å². The first-order chi connectivity index (χ1) is 32.6. The van der Waals surface area contributed by atoms with Crippen molar-refractivity contribution in [3.63, 3.8) is 0 Å². The molecule has 0 bridgehead atoms. The fourth-order valence-electron chi connectivity index (χ4n) is 9.02. The lowest BCUT2D eigenvalue weighted by molar-refractivity contribution is 0.659. The van der Waals surface area contributed by atoms with Crippen LogP contribution >= 0.6 is 70.6 Å². The highest BCUT2D eigenvalue weighted by Crippen LogP contribution is 2.47. The molecule has 0 amide bonds. The standard InChI is InChI=1S/C60H96S6/c1-7-13-19-25-31-37-61-55-43-49-50(44-56(55)62-38-32-26-20-14-8-2)52-46-58(64-40-34-28-22-16-10-4)60(66-42-36-30-24-18-12-6)48-54(52)53-47-59(65-41-35-29-23-17-11-5)57(45-51(49)53)63-39-33-27-21-15-9-3/h43-48H,7-42H2,1-6H3. The number of hydrogen-bond donors (Lipinski definition) is 0. The monoisotopic (exact) mass is 1010 g/mol. The van der Waals surface area contributed by atoms with Gasteiger partial charge in [0.25, 0.3) is 0 Å². The molecule has 0 N–H and O–H groups in total. The number of rotatable bonds is 42. The molecule has 4 aromatic rings. The topological polar surface area (TPSA) is 0 Å². The van der Waals surface area contributed by atoms with Crippen LogP contribution < -0.4 is 0 Å². The minimum atomic E-state index is 1.22. The van der Waals surface area contributed by atoms with Crippen LogP contribution in [-0.4, -0.2) is 34.5 Å². The van der Waals surface area contributed by atoms with E-state index in [1.54, 1.807) is 0 Å². The third-order valence-corrected chi connectivity index (χ3v) is 20.4. The van der Waals surface area contributed by atoms with Crippen molar-refractivity contribution in [2.45, 2.75) is 264 Å². The molecule has 0 radical (unpaired) electrons. The van der Waals surface area contributed by atoms with Crippen molar-refractivity contribution in [1.29, 1.82) is 0 Å². The molecule has 0 unspecified atom stereocenters. The predicted molar refractivity (Wildman–Crippen MR) is 316 cm³/mol. The van der Waals surface area contributed by atoms with E-state index in [0.717, 1.165) is 0 Å². The predicted octanol–water partition coefficient (Wildman–Crippen LogP) is 23.5. The summed E-state index contributed by atoms with van der Waals surface area (Å²) in [5, 5.41) is 8.95. The first kappa shape index (κ1) is 58.3. The summed E-state index contributed by atoms with van der Waals surface area (Å²) in [5.41, 5.74) is 0. The van der Waals surface area contributed by atoms with Crippen LogP contribution in [0.1, 0.15) is 234 Å². The largest absolute Gasteiger partial charge is 0.125 e. The quantitative estimate of drug-likeness (QED) is 0.0245. The van der Waals surface area contributed by atoms with Gasteiger partial charge >= 0.3 is 0 Å². The highest BCUT2D eigenvalue weighted by molar-refractivity contribution is 8.03. The van der Waals surface area contributed by atoms with Gasteiger partial charge in [-0.1, -0.05) is 196 Å². The van der Waals surface area contributed by atoms with Crippen LogP contribution in [-0.2, 0) is 0 Å². The summed E-state index contributed by atoms with van der Waals surface area (Å²) in [5.74, 6) is 7.34. The lowest BCUT2D eigenvalue weighted by Gasteiger charge is -2.20. The van der Waals surface area contributed by atoms with Crippen molar-refractivity contribution >= 4 is 103 Å². The Morgan fingerprint density at radius 2 is 0.333 bits per heavy atom. The van der Waals surface area contributed by atoms with E-state index in [0.29, 0.717) is 0 Å². The van der Waals surface area contributed by atoms with Gasteiger partial charge in [0.15, 0.2) is 0 Å². The van der Waals surface area contributed by atoms with Crippen molar-refractivity contribution in [2.75, 3.05) is 34.5 Å². The summed E-state index contributed by atoms with van der Waals surface area (Å²) in [6, 6.07) is 16.1. The first-order valence-electron chi connectivity index (χ1n) is 27.9. The molecule has 0 heterocycles. The molecule has 66 heavy (non-hydrogen) atoms. The molecule has 0 aliphatic rings. The van der Waals surface area contributed by atoms with Crippen molar-refractivity contribution < 1.29 is 0 Å². The number of unbranched alkanes of at least 4 members (excludes halogenated alkanes) is 24. The normalized spacial score (nSPS) is 11.9. The Kier molecular flexibility index (Phi) is 33.2. The fourth-order valence-corrected chi connectivity index (χ4v) is 15.9. The summed E-state index contributed by atoms with van der Waals surface area (Å²) in [7, 11) is 0. The van der Waals surface area contributed by atoms with Gasteiger partial charge in [0.05, 0.1) is 0 Å². The zero-order chi connectivity index (χ0) is 46.9. The average molecular weight is 1010 g/mol. The number of thioether (sulfide) groups is 6. The Hall–Kier alpha value is -0.240. The van der Waals surface area contributed by atoms with Crippen LogP contribution in [0.25, 0.3) is 32.3 Å². The molecule has 6 heteroatoms. The van der Waals surface area contributed by atoms with Crippen LogP contribution in [0.2, 0.25) is 0 Å². The van der Waals surface area contributed by atoms with Crippen LogP contribution in [0, 0.1) is 0 Å². The molecule has 0 nitrogen and oxygen atoms in total. The maximum atomic E-state index is 2.69. The van der Waals surface area contributed by atoms with E-state index < -0.39 is 0 Å². The van der Waals surface area contributed by atoms with E-state index in [1.165, 1.54) is 289 Å². The third kappa shape index (κ3) is 21.6. The number of fused-ring (bicyclic) bond motifs is 6. The van der Waals surface area contributed by atoms with Crippen LogP contribution in [0.3, 0.4) is 0 Å². The summed E-state index contributed by atoms with van der Waals surface area (Å²) >= 11 is 13.0. The van der Waals surface area contributed by atoms with Crippen molar-refractivity contribution in [2.24, 2.45) is 0 Å². The first-order valence-corrected chi connectivity index (χ1v) is 33.8. The Morgan fingerprint density at radius 3 is 0.470 bits per heavy atom. The SMILES string of the molecule is CCCCCCCSc1cc2c3cc(SCCCCCCC)c(SCCCCCCC)cc3c3cc(SCCCCCCC)c(SCCCCCCC)cc3c2cc1SCCCCCCC. The van der Waals surface area contributed by atoms with Crippen molar-refractivity contribution in [1.82, 2.24) is 0 Å². The highest BCUT2D eigenvalue weighted by atomic mass is 32.2. The van der Waals surface area contributed by atoms with Gasteiger partial charge in [-0.25, -0.2) is 0 Å². The molecule has 0 aliphatic carbocycles. The summed E-state index contributed by atoms with van der Waals surface area (Å²) in [6.07, 6.45) is 40.4. The molecule has 0 spiro atoms. The Morgan fingerprint density at radius 1 is 0.197 bits per heavy atom. The van der Waals surface area contributed by atoms with Gasteiger partial charge in [-0.05, 0) is 142 Å². The van der Waals surface area contributed by atoms with Crippen LogP contribution in [0.15, 0.2) is 65.8 Å². The van der Waals surface area contributed by atoms with Crippen LogP contribution in [0.4, 0.5) is 0 Å². The Bertz CT molecular complexity index is 1490. The summed E-state index contributed by atoms with van der Waals surface area (Å²) in [4.78, 5) is 9.19. The molecule has 0 saturated carbocycles. The van der Waals surface area contributed by atoms with Gasteiger partial charge in [0.1, 0.15) is 0 Å². The molecular weight excluding hydrogens is 913 g/mol. The number of hydrogen-bond acceptors (Lipinski definition) is 6. The van der Waals surface area contributed by atoms with E-state index >= 15 is 0 Å². The second kappa shape index (κ2) is 37.5. The van der Waals surface area contributed by atoms with E-state index in [9.17, 15) is 0 Å². The number of benzene rings is 4. The van der Waals surface area contributed by atoms with E-state index in [2.05, 4.69) is 149 Å². The van der Waals surface area contributed by atoms with Gasteiger partial charge in [-0.2, -0.15) is 0 Å². The molecule has 0 fully saturated rings. The fraction of sp³-hybridized carbons (Fsp3) is 0.700. The van der Waals surface area contributed by atoms with E-state index in [4.69, 9.17) is 0 Å². The Labute approximate surface area is 434 Å². The van der Waals surface area contributed by atoms with Crippen LogP contribution in [0.5, 0.6) is 0 Å². The molecule has 4 rings (SSSR count). The molecule has 0 atom stereocenters. The lowest BCUT2D eigenvalue weighted by atomic mass is 9.94. The zero-order valence-corrected chi connectivity index (χ0v) is 48.3. The average Bonchev–Trinajstić information content (AvgIpc) is 3.33. The van der Waals surface area contributed by atoms with Gasteiger partial charge in [-0.3, -0.25) is 0 Å². The third-order valence-electron chi connectivity index (χ3n) is 13.2. The second-order valence-corrected chi connectivity index (χ2v) is 25.9. The van der Waals surface area contributed by atoms with Gasteiger partial charge in [0.2, 0.25) is 0 Å². The minimum absolute atomic E-state index is 1.22. The van der Waals surface area contributed by atoms with Crippen molar-refractivity contribution in [3.05, 3.63) is 36.4 Å². The summed E-state index contributed by atoms with van der Waals surface area (Å²) in [6.45, 7) is 14.0. The molecule has 4 aromatic carbocycles. The smallest absolute Gasteiger partial charge is 0.0215 e. The highest BCUT2D eigenvalue weighted by Gasteiger charge is 2.19. The molecule has 0 saturated heterocycles. The second-order valence-electron chi connectivity index (χ2n) is 19.1. The lowest BCUT2D eigenvalue weighted by Crippen LogP contribution is -1.94. The van der Waals surface area contributed by atoms with Gasteiger partial charge in [0, 0.05) is 29.4 Å². The van der Waals surface area contributed by atoms with Crippen molar-refractivity contribution in [3.8, 4) is 0 Å². The Balaban J connectivity index is 1.91. The van der Waals surface area contributed by atoms with E-state index in [1.807, 2.05) is 0 Å². The molecular formula is C60H96S6. The molecule has 0 aromatic heterocycles. The zero-order valence-electron chi connectivity index (χ0n) is 43.4. The van der Waals surface area contributed by atoms with Gasteiger partial charge in [-0.15, -0.1) is 70.6 Å². The summed E-state index contributed by atoms with van der Waals surface area (Å²) < 4.78 is 0. The maximum absolute atomic E-state index is 2.69. The maximum Gasteiger partial charge on any atom is 0.0215 e. The van der Waals surface area contributed by atoms with Gasteiger partial charge < -0.3 is 0 Å². The molecule has 0 aliphatic heterocycles. The molecule has 372 valence electrons. The minimum Gasteiger partial charge on any atom is -0.125 e.